The minimum absolute atomic E-state index is 0.0652. The molecule has 0 aliphatic carbocycles. The SMILES string of the molecule is CCC(C(=N)N)N1CCn2ccnc2C1. The molecule has 1 aromatic heterocycles. The van der Waals surface area contributed by atoms with Crippen LogP contribution in [0.25, 0.3) is 0 Å². The molecule has 2 heterocycles. The van der Waals surface area contributed by atoms with Crippen LogP contribution in [0.4, 0.5) is 0 Å². The predicted octanol–water partition coefficient (Wildman–Crippen LogP) is 0.413. The summed E-state index contributed by atoms with van der Waals surface area (Å²) in [6.45, 7) is 4.75. The van der Waals surface area contributed by atoms with Gasteiger partial charge in [0.25, 0.3) is 0 Å². The van der Waals surface area contributed by atoms with Crippen LogP contribution in [0.15, 0.2) is 12.4 Å². The lowest BCUT2D eigenvalue weighted by Crippen LogP contribution is -2.47. The van der Waals surface area contributed by atoms with Crippen molar-refractivity contribution in [1.82, 2.24) is 14.5 Å². The highest BCUT2D eigenvalue weighted by atomic mass is 15.3. The number of hydrogen-bond acceptors (Lipinski definition) is 3. The highest BCUT2D eigenvalue weighted by Gasteiger charge is 2.24. The zero-order chi connectivity index (χ0) is 10.8. The summed E-state index contributed by atoms with van der Waals surface area (Å²) in [6.07, 6.45) is 4.71. The van der Waals surface area contributed by atoms with Gasteiger partial charge in [-0.15, -0.1) is 0 Å². The van der Waals surface area contributed by atoms with Gasteiger partial charge in [0.1, 0.15) is 11.7 Å². The van der Waals surface area contributed by atoms with Crippen molar-refractivity contribution >= 4 is 5.84 Å². The van der Waals surface area contributed by atoms with Crippen molar-refractivity contribution < 1.29 is 0 Å². The molecule has 0 amide bonds. The van der Waals surface area contributed by atoms with E-state index < -0.39 is 0 Å². The zero-order valence-corrected chi connectivity index (χ0v) is 8.98. The molecule has 0 bridgehead atoms. The molecule has 2 rings (SSSR count). The molecule has 5 heteroatoms. The number of aromatic nitrogens is 2. The first-order chi connectivity index (χ1) is 7.22. The van der Waals surface area contributed by atoms with Gasteiger partial charge in [0, 0.05) is 25.5 Å². The van der Waals surface area contributed by atoms with E-state index in [2.05, 4.69) is 21.4 Å². The quantitative estimate of drug-likeness (QED) is 0.557. The summed E-state index contributed by atoms with van der Waals surface area (Å²) in [5, 5.41) is 7.54. The molecule has 0 radical (unpaired) electrons. The van der Waals surface area contributed by atoms with Gasteiger partial charge in [-0.2, -0.15) is 0 Å². The van der Waals surface area contributed by atoms with Crippen LogP contribution in [0, 0.1) is 5.41 Å². The minimum atomic E-state index is 0.0652. The number of nitrogens with one attached hydrogen (secondary N) is 1. The average molecular weight is 207 g/mol. The van der Waals surface area contributed by atoms with Gasteiger partial charge in [0.15, 0.2) is 0 Å². The molecule has 1 unspecified atom stereocenters. The Bertz CT molecular complexity index is 356. The molecule has 0 fully saturated rings. The topological polar surface area (TPSA) is 70.9 Å². The summed E-state index contributed by atoms with van der Waals surface area (Å²) in [6, 6.07) is 0.0652. The Hall–Kier alpha value is -1.36. The fourth-order valence-electron chi connectivity index (χ4n) is 2.13. The first-order valence-corrected chi connectivity index (χ1v) is 5.30. The van der Waals surface area contributed by atoms with E-state index in [1.54, 1.807) is 0 Å². The molecular weight excluding hydrogens is 190 g/mol. The Labute approximate surface area is 89.4 Å². The first kappa shape index (κ1) is 10.2. The number of imidazole rings is 1. The smallest absolute Gasteiger partial charge is 0.122 e. The van der Waals surface area contributed by atoms with E-state index in [0.717, 1.165) is 31.9 Å². The van der Waals surface area contributed by atoms with Crippen molar-refractivity contribution in [2.75, 3.05) is 6.54 Å². The van der Waals surface area contributed by atoms with Gasteiger partial charge in [0.05, 0.1) is 12.6 Å². The molecule has 15 heavy (non-hydrogen) atoms. The molecule has 3 N–H and O–H groups in total. The van der Waals surface area contributed by atoms with Crippen LogP contribution in [0.1, 0.15) is 19.2 Å². The molecule has 82 valence electrons. The predicted molar refractivity (Wildman–Crippen MR) is 58.6 cm³/mol. The van der Waals surface area contributed by atoms with E-state index in [1.165, 1.54) is 0 Å². The molecule has 1 aliphatic rings. The van der Waals surface area contributed by atoms with Gasteiger partial charge in [-0.3, -0.25) is 10.3 Å². The second-order valence-electron chi connectivity index (χ2n) is 3.89. The lowest BCUT2D eigenvalue weighted by molar-refractivity contribution is 0.185. The third-order valence-electron chi connectivity index (χ3n) is 2.96. The van der Waals surface area contributed by atoms with Crippen LogP contribution in [-0.4, -0.2) is 32.9 Å². The standard InChI is InChI=1S/C10H17N5/c1-2-8(10(11)12)15-6-5-14-4-3-13-9(14)7-15/h3-4,8H,2,5-7H2,1H3,(H3,11,12). The van der Waals surface area contributed by atoms with Crippen LogP contribution in [0.5, 0.6) is 0 Å². The lowest BCUT2D eigenvalue weighted by Gasteiger charge is -2.33. The average Bonchev–Trinajstić information content (AvgIpc) is 2.65. The van der Waals surface area contributed by atoms with Crippen LogP contribution in [0.3, 0.4) is 0 Å². The number of amidine groups is 1. The summed E-state index contributed by atoms with van der Waals surface area (Å²) in [4.78, 5) is 6.52. The van der Waals surface area contributed by atoms with Gasteiger partial charge in [-0.1, -0.05) is 6.92 Å². The molecule has 1 aromatic rings. The van der Waals surface area contributed by atoms with Crippen molar-refractivity contribution in [2.24, 2.45) is 5.73 Å². The van der Waals surface area contributed by atoms with Crippen molar-refractivity contribution in [1.29, 1.82) is 5.41 Å². The normalized spacial score (nSPS) is 18.5. The molecule has 1 aliphatic heterocycles. The number of nitrogens with zero attached hydrogens (tertiary/aromatic N) is 3. The Morgan fingerprint density at radius 2 is 2.47 bits per heavy atom. The van der Waals surface area contributed by atoms with E-state index in [4.69, 9.17) is 11.1 Å². The lowest BCUT2D eigenvalue weighted by atomic mass is 10.1. The zero-order valence-electron chi connectivity index (χ0n) is 8.98. The second-order valence-corrected chi connectivity index (χ2v) is 3.89. The number of rotatable bonds is 3. The van der Waals surface area contributed by atoms with E-state index in [9.17, 15) is 0 Å². The van der Waals surface area contributed by atoms with Gasteiger partial charge < -0.3 is 10.3 Å². The number of nitrogens with two attached hydrogens (primary N) is 1. The first-order valence-electron chi connectivity index (χ1n) is 5.30. The number of fused-ring (bicyclic) bond motifs is 1. The van der Waals surface area contributed by atoms with Crippen molar-refractivity contribution in [3.63, 3.8) is 0 Å². The summed E-state index contributed by atoms with van der Waals surface area (Å²) in [5.41, 5.74) is 5.59. The van der Waals surface area contributed by atoms with Gasteiger partial charge in [-0.25, -0.2) is 4.98 Å². The fourth-order valence-corrected chi connectivity index (χ4v) is 2.13. The van der Waals surface area contributed by atoms with Crippen molar-refractivity contribution in [3.8, 4) is 0 Å². The maximum Gasteiger partial charge on any atom is 0.122 e. The van der Waals surface area contributed by atoms with Gasteiger partial charge in [0.2, 0.25) is 0 Å². The maximum absolute atomic E-state index is 7.54. The highest BCUT2D eigenvalue weighted by Crippen LogP contribution is 2.14. The number of hydrogen-bond donors (Lipinski definition) is 2. The third-order valence-corrected chi connectivity index (χ3v) is 2.96. The molecule has 0 spiro atoms. The molecule has 0 aromatic carbocycles. The van der Waals surface area contributed by atoms with E-state index in [-0.39, 0.29) is 11.9 Å². The van der Waals surface area contributed by atoms with E-state index in [0.29, 0.717) is 0 Å². The summed E-state index contributed by atoms with van der Waals surface area (Å²) in [7, 11) is 0. The van der Waals surface area contributed by atoms with E-state index >= 15 is 0 Å². The molecule has 5 nitrogen and oxygen atoms in total. The molecule has 0 saturated heterocycles. The Morgan fingerprint density at radius 1 is 1.67 bits per heavy atom. The summed E-state index contributed by atoms with van der Waals surface area (Å²) >= 11 is 0. The van der Waals surface area contributed by atoms with Crippen LogP contribution < -0.4 is 5.73 Å². The Kier molecular flexibility index (Phi) is 2.73. The minimum Gasteiger partial charge on any atom is -0.386 e. The highest BCUT2D eigenvalue weighted by molar-refractivity contribution is 5.82. The van der Waals surface area contributed by atoms with Crippen LogP contribution in [0.2, 0.25) is 0 Å². The molecular formula is C10H17N5. The third kappa shape index (κ3) is 1.87. The van der Waals surface area contributed by atoms with Gasteiger partial charge >= 0.3 is 0 Å². The second kappa shape index (κ2) is 4.02. The van der Waals surface area contributed by atoms with Gasteiger partial charge in [-0.05, 0) is 6.42 Å². The Balaban J connectivity index is 2.11. The van der Waals surface area contributed by atoms with Crippen LogP contribution in [-0.2, 0) is 13.1 Å². The largest absolute Gasteiger partial charge is 0.386 e. The van der Waals surface area contributed by atoms with Crippen molar-refractivity contribution in [2.45, 2.75) is 32.5 Å². The monoisotopic (exact) mass is 207 g/mol. The molecule has 0 saturated carbocycles. The van der Waals surface area contributed by atoms with E-state index in [1.807, 2.05) is 12.4 Å². The maximum atomic E-state index is 7.54. The Morgan fingerprint density at radius 3 is 3.13 bits per heavy atom. The summed E-state index contributed by atoms with van der Waals surface area (Å²) in [5.74, 6) is 1.33. The summed E-state index contributed by atoms with van der Waals surface area (Å²) < 4.78 is 2.16. The van der Waals surface area contributed by atoms with Crippen molar-refractivity contribution in [3.05, 3.63) is 18.2 Å². The van der Waals surface area contributed by atoms with Crippen LogP contribution >= 0.6 is 0 Å². The molecule has 1 atom stereocenters. The fraction of sp³-hybridized carbons (Fsp3) is 0.600.